The maximum atomic E-state index is 12.5. The largest absolute Gasteiger partial charge is 0.399 e. The van der Waals surface area contributed by atoms with E-state index in [2.05, 4.69) is 0 Å². The molecule has 1 heterocycles. The zero-order chi connectivity index (χ0) is 14.7. The Morgan fingerprint density at radius 2 is 2.00 bits per heavy atom. The first kappa shape index (κ1) is 14.9. The maximum absolute atomic E-state index is 12.5. The lowest BCUT2D eigenvalue weighted by atomic mass is 9.91. The molecule has 1 aromatic rings. The number of nitrogens with zero attached hydrogens (tertiary/aromatic N) is 1. The van der Waals surface area contributed by atoms with Crippen molar-refractivity contribution >= 4 is 11.6 Å². The first-order chi connectivity index (χ1) is 9.49. The third-order valence-electron chi connectivity index (χ3n) is 4.31. The van der Waals surface area contributed by atoms with Gasteiger partial charge < -0.3 is 15.7 Å². The Kier molecular flexibility index (Phi) is 4.65. The fourth-order valence-electron chi connectivity index (χ4n) is 2.85. The van der Waals surface area contributed by atoms with Crippen molar-refractivity contribution in [1.82, 2.24) is 4.90 Å². The van der Waals surface area contributed by atoms with Crippen LogP contribution in [0.5, 0.6) is 0 Å². The van der Waals surface area contributed by atoms with Crippen molar-refractivity contribution in [3.05, 3.63) is 29.8 Å². The Morgan fingerprint density at radius 3 is 2.55 bits per heavy atom. The van der Waals surface area contributed by atoms with E-state index in [1.54, 1.807) is 0 Å². The summed E-state index contributed by atoms with van der Waals surface area (Å²) in [6, 6.07) is 7.52. The molecule has 1 aliphatic heterocycles. The molecule has 4 nitrogen and oxygen atoms in total. The monoisotopic (exact) mass is 276 g/mol. The number of carbonyl (C=O) groups is 1. The summed E-state index contributed by atoms with van der Waals surface area (Å²) < 4.78 is 0. The second kappa shape index (κ2) is 6.27. The number of anilines is 1. The van der Waals surface area contributed by atoms with Crippen molar-refractivity contribution in [2.24, 2.45) is 5.92 Å². The van der Waals surface area contributed by atoms with Gasteiger partial charge in [0.15, 0.2) is 0 Å². The van der Waals surface area contributed by atoms with Crippen molar-refractivity contribution in [2.45, 2.75) is 38.7 Å². The number of carbonyl (C=O) groups excluding carboxylic acids is 1. The number of nitrogen functional groups attached to an aromatic ring is 1. The number of hydrogen-bond acceptors (Lipinski definition) is 3. The summed E-state index contributed by atoms with van der Waals surface area (Å²) in [5.74, 6) is 0.308. The summed E-state index contributed by atoms with van der Waals surface area (Å²) in [6.07, 6.45) is 1.48. The van der Waals surface area contributed by atoms with E-state index < -0.39 is 0 Å². The van der Waals surface area contributed by atoms with E-state index in [0.717, 1.165) is 31.5 Å². The Hall–Kier alpha value is -1.55. The lowest BCUT2D eigenvalue weighted by molar-refractivity contribution is -0.134. The molecule has 0 saturated carbocycles. The van der Waals surface area contributed by atoms with E-state index in [-0.39, 0.29) is 17.9 Å². The molecule has 1 saturated heterocycles. The topological polar surface area (TPSA) is 66.6 Å². The van der Waals surface area contributed by atoms with Crippen molar-refractivity contribution in [3.8, 4) is 0 Å². The molecular weight excluding hydrogens is 252 g/mol. The second-order valence-corrected chi connectivity index (χ2v) is 5.80. The number of aliphatic hydroxyl groups excluding tert-OH is 1. The van der Waals surface area contributed by atoms with Gasteiger partial charge in [-0.2, -0.15) is 0 Å². The summed E-state index contributed by atoms with van der Waals surface area (Å²) in [5, 5.41) is 9.60. The van der Waals surface area contributed by atoms with Gasteiger partial charge in [-0.05, 0) is 50.3 Å². The number of piperidine rings is 1. The van der Waals surface area contributed by atoms with Crippen LogP contribution >= 0.6 is 0 Å². The quantitative estimate of drug-likeness (QED) is 0.830. The summed E-state index contributed by atoms with van der Waals surface area (Å²) >= 11 is 0. The van der Waals surface area contributed by atoms with Crippen molar-refractivity contribution in [2.75, 3.05) is 18.8 Å². The number of aliphatic hydroxyl groups is 1. The highest BCUT2D eigenvalue weighted by molar-refractivity contribution is 5.83. The Balaban J connectivity index is 1.98. The molecular formula is C16H24N2O2. The first-order valence-electron chi connectivity index (χ1n) is 7.31. The highest BCUT2D eigenvalue weighted by Crippen LogP contribution is 2.25. The molecule has 1 aliphatic rings. The van der Waals surface area contributed by atoms with Crippen molar-refractivity contribution < 1.29 is 9.90 Å². The average Bonchev–Trinajstić information content (AvgIpc) is 2.46. The molecule has 1 aromatic carbocycles. The van der Waals surface area contributed by atoms with Gasteiger partial charge in [0.25, 0.3) is 0 Å². The summed E-state index contributed by atoms with van der Waals surface area (Å²) in [4.78, 5) is 14.4. The highest BCUT2D eigenvalue weighted by Gasteiger charge is 2.28. The normalized spacial score (nSPS) is 19.6. The fourth-order valence-corrected chi connectivity index (χ4v) is 2.85. The van der Waals surface area contributed by atoms with E-state index in [4.69, 9.17) is 5.73 Å². The van der Waals surface area contributed by atoms with Gasteiger partial charge in [0.05, 0.1) is 12.0 Å². The van der Waals surface area contributed by atoms with E-state index in [0.29, 0.717) is 11.6 Å². The number of hydrogen-bond donors (Lipinski definition) is 2. The molecule has 2 unspecified atom stereocenters. The molecule has 1 amide bonds. The molecule has 2 atom stereocenters. The van der Waals surface area contributed by atoms with Crippen LogP contribution < -0.4 is 5.73 Å². The zero-order valence-corrected chi connectivity index (χ0v) is 12.2. The Bertz CT molecular complexity index is 465. The lowest BCUT2D eigenvalue weighted by Gasteiger charge is -2.34. The molecule has 0 aliphatic carbocycles. The maximum Gasteiger partial charge on any atom is 0.229 e. The van der Waals surface area contributed by atoms with Crippen LogP contribution in [0.15, 0.2) is 24.3 Å². The second-order valence-electron chi connectivity index (χ2n) is 5.80. The van der Waals surface area contributed by atoms with Gasteiger partial charge in [-0.1, -0.05) is 12.1 Å². The molecule has 3 N–H and O–H groups in total. The summed E-state index contributed by atoms with van der Waals surface area (Å²) in [6.45, 7) is 5.23. The lowest BCUT2D eigenvalue weighted by Crippen LogP contribution is -2.42. The summed E-state index contributed by atoms with van der Waals surface area (Å²) in [5.41, 5.74) is 7.43. The number of benzene rings is 1. The molecule has 4 heteroatoms. The van der Waals surface area contributed by atoms with Crippen LogP contribution in [0.25, 0.3) is 0 Å². The van der Waals surface area contributed by atoms with E-state index >= 15 is 0 Å². The molecule has 1 fully saturated rings. The van der Waals surface area contributed by atoms with Crippen LogP contribution in [-0.2, 0) is 4.79 Å². The van der Waals surface area contributed by atoms with E-state index in [9.17, 15) is 9.90 Å². The molecule has 0 spiro atoms. The molecule has 0 aromatic heterocycles. The highest BCUT2D eigenvalue weighted by atomic mass is 16.3. The third-order valence-corrected chi connectivity index (χ3v) is 4.31. The Labute approximate surface area is 120 Å². The smallest absolute Gasteiger partial charge is 0.229 e. The van der Waals surface area contributed by atoms with Crippen LogP contribution in [0.3, 0.4) is 0 Å². The van der Waals surface area contributed by atoms with Crippen molar-refractivity contribution in [1.29, 1.82) is 0 Å². The van der Waals surface area contributed by atoms with Gasteiger partial charge >= 0.3 is 0 Å². The van der Waals surface area contributed by atoms with Gasteiger partial charge in [-0.25, -0.2) is 0 Å². The number of likely N-dealkylation sites (tertiary alicyclic amines) is 1. The van der Waals surface area contributed by atoms with Gasteiger partial charge in [-0.3, -0.25) is 4.79 Å². The van der Waals surface area contributed by atoms with Crippen LogP contribution in [0.4, 0.5) is 5.69 Å². The predicted octanol–water partition coefficient (Wildman–Crippen LogP) is 1.99. The first-order valence-corrected chi connectivity index (χ1v) is 7.31. The molecule has 20 heavy (non-hydrogen) atoms. The van der Waals surface area contributed by atoms with E-state index in [1.165, 1.54) is 0 Å². The molecule has 110 valence electrons. The van der Waals surface area contributed by atoms with Crippen LogP contribution in [0, 0.1) is 5.92 Å². The SMILES string of the molecule is CC(C(=O)N1CCC(C(C)O)CC1)c1cccc(N)c1. The zero-order valence-electron chi connectivity index (χ0n) is 12.2. The van der Waals surface area contributed by atoms with Gasteiger partial charge in [0, 0.05) is 18.8 Å². The van der Waals surface area contributed by atoms with E-state index in [1.807, 2.05) is 43.0 Å². The van der Waals surface area contributed by atoms with Crippen LogP contribution in [0.2, 0.25) is 0 Å². The summed E-state index contributed by atoms with van der Waals surface area (Å²) in [7, 11) is 0. The van der Waals surface area contributed by atoms with Gasteiger partial charge in [0.1, 0.15) is 0 Å². The molecule has 2 rings (SSSR count). The minimum atomic E-state index is -0.279. The number of nitrogens with two attached hydrogens (primary N) is 1. The molecule has 0 bridgehead atoms. The van der Waals surface area contributed by atoms with Gasteiger partial charge in [0.2, 0.25) is 5.91 Å². The Morgan fingerprint density at radius 1 is 1.35 bits per heavy atom. The predicted molar refractivity (Wildman–Crippen MR) is 80.3 cm³/mol. The van der Waals surface area contributed by atoms with Crippen LogP contribution in [0.1, 0.15) is 38.2 Å². The standard InChI is InChI=1S/C16H24N2O2/c1-11(14-4-3-5-15(17)10-14)16(20)18-8-6-13(7-9-18)12(2)19/h3-5,10-13,19H,6-9,17H2,1-2H3. The number of rotatable bonds is 3. The van der Waals surface area contributed by atoms with Crippen molar-refractivity contribution in [3.63, 3.8) is 0 Å². The minimum Gasteiger partial charge on any atom is -0.399 e. The van der Waals surface area contributed by atoms with Crippen LogP contribution in [-0.4, -0.2) is 35.1 Å². The average molecular weight is 276 g/mol. The minimum absolute atomic E-state index is 0.152. The third kappa shape index (κ3) is 3.31. The van der Waals surface area contributed by atoms with Gasteiger partial charge in [-0.15, -0.1) is 0 Å². The molecule has 0 radical (unpaired) electrons. The fraction of sp³-hybridized carbons (Fsp3) is 0.562. The number of amides is 1.